The van der Waals surface area contributed by atoms with Crippen LogP contribution < -0.4 is 4.90 Å². The second-order valence-electron chi connectivity index (χ2n) is 6.14. The zero-order valence-corrected chi connectivity index (χ0v) is 13.9. The first-order valence-corrected chi connectivity index (χ1v) is 8.63. The van der Waals surface area contributed by atoms with E-state index in [2.05, 4.69) is 71.1 Å². The van der Waals surface area contributed by atoms with Gasteiger partial charge in [0.1, 0.15) is 0 Å². The standard InChI is InChI=1S/C18H21N3S/c1-14-5-7-21-8-6-15-3-4-16(13-17(15)22-18(14)21)20-11-9-19(2)10-12-20/h3-8,13H,9-12H2,1-2H3. The molecule has 0 unspecified atom stereocenters. The Morgan fingerprint density at radius 1 is 1.05 bits per heavy atom. The summed E-state index contributed by atoms with van der Waals surface area (Å²) in [6, 6.07) is 9.07. The van der Waals surface area contributed by atoms with Gasteiger partial charge >= 0.3 is 0 Å². The Bertz CT molecular complexity index is 724. The molecule has 4 heteroatoms. The molecule has 0 spiro atoms. The molecule has 1 saturated heterocycles. The van der Waals surface area contributed by atoms with E-state index in [1.807, 2.05) is 11.8 Å². The third kappa shape index (κ3) is 2.46. The van der Waals surface area contributed by atoms with Crippen LogP contribution in [0.5, 0.6) is 0 Å². The highest BCUT2D eigenvalue weighted by Gasteiger charge is 2.17. The maximum absolute atomic E-state index is 2.50. The first-order valence-electron chi connectivity index (χ1n) is 7.82. The van der Waals surface area contributed by atoms with Crippen molar-refractivity contribution in [3.8, 4) is 0 Å². The molecule has 114 valence electrons. The summed E-state index contributed by atoms with van der Waals surface area (Å²) in [5.74, 6) is 0. The summed E-state index contributed by atoms with van der Waals surface area (Å²) >= 11 is 1.88. The van der Waals surface area contributed by atoms with Gasteiger partial charge in [-0.2, -0.15) is 0 Å². The van der Waals surface area contributed by atoms with Crippen LogP contribution in [0.3, 0.4) is 0 Å². The van der Waals surface area contributed by atoms with Gasteiger partial charge in [0, 0.05) is 49.2 Å². The lowest BCUT2D eigenvalue weighted by atomic mass is 10.1. The first-order chi connectivity index (χ1) is 10.7. The number of benzene rings is 1. The summed E-state index contributed by atoms with van der Waals surface area (Å²) in [5, 5.41) is 1.32. The third-order valence-electron chi connectivity index (χ3n) is 4.54. The zero-order valence-electron chi connectivity index (χ0n) is 13.1. The van der Waals surface area contributed by atoms with Crippen LogP contribution in [-0.4, -0.2) is 42.7 Å². The molecule has 0 saturated carbocycles. The second kappa shape index (κ2) is 5.52. The number of anilines is 1. The smallest absolute Gasteiger partial charge is 0.0867 e. The molecule has 2 aliphatic heterocycles. The van der Waals surface area contributed by atoms with Crippen molar-refractivity contribution in [2.24, 2.45) is 0 Å². The summed E-state index contributed by atoms with van der Waals surface area (Å²) in [6.07, 6.45) is 6.52. The van der Waals surface area contributed by atoms with E-state index in [1.165, 1.54) is 26.7 Å². The molecule has 4 rings (SSSR count). The molecular formula is C18H21N3S. The number of nitrogens with zero attached hydrogens (tertiary/aromatic N) is 3. The van der Waals surface area contributed by atoms with Gasteiger partial charge in [0.05, 0.1) is 5.03 Å². The lowest BCUT2D eigenvalue weighted by molar-refractivity contribution is 0.313. The predicted octanol–water partition coefficient (Wildman–Crippen LogP) is 3.64. The first kappa shape index (κ1) is 14.0. The van der Waals surface area contributed by atoms with Crippen molar-refractivity contribution in [1.29, 1.82) is 0 Å². The SMILES string of the molecule is Cc1ccn2c1Sc1cc(N3CCN(C)CC3)ccc1C=C2. The van der Waals surface area contributed by atoms with Crippen LogP contribution in [-0.2, 0) is 0 Å². The van der Waals surface area contributed by atoms with Gasteiger partial charge in [0.15, 0.2) is 0 Å². The number of rotatable bonds is 1. The molecule has 0 bridgehead atoms. The van der Waals surface area contributed by atoms with Crippen LogP contribution in [0.4, 0.5) is 5.69 Å². The van der Waals surface area contributed by atoms with Crippen molar-refractivity contribution in [1.82, 2.24) is 9.47 Å². The Morgan fingerprint density at radius 3 is 2.68 bits per heavy atom. The van der Waals surface area contributed by atoms with Crippen LogP contribution in [0.25, 0.3) is 12.3 Å². The van der Waals surface area contributed by atoms with Gasteiger partial charge in [-0.15, -0.1) is 0 Å². The van der Waals surface area contributed by atoms with Crippen LogP contribution in [0.15, 0.2) is 40.4 Å². The highest BCUT2D eigenvalue weighted by atomic mass is 32.2. The van der Waals surface area contributed by atoms with Gasteiger partial charge in [-0.1, -0.05) is 17.8 Å². The van der Waals surface area contributed by atoms with Crippen molar-refractivity contribution in [3.05, 3.63) is 41.6 Å². The molecule has 3 nitrogen and oxygen atoms in total. The predicted molar refractivity (Wildman–Crippen MR) is 94.7 cm³/mol. The van der Waals surface area contributed by atoms with Crippen LogP contribution >= 0.6 is 11.8 Å². The lowest BCUT2D eigenvalue weighted by Crippen LogP contribution is -2.44. The fraction of sp³-hybridized carbons (Fsp3) is 0.333. The van der Waals surface area contributed by atoms with E-state index in [4.69, 9.17) is 0 Å². The van der Waals surface area contributed by atoms with Gasteiger partial charge in [-0.25, -0.2) is 0 Å². The molecule has 1 aromatic carbocycles. The van der Waals surface area contributed by atoms with Crippen molar-refractivity contribution < 1.29 is 0 Å². The third-order valence-corrected chi connectivity index (χ3v) is 5.84. The molecular weight excluding hydrogens is 290 g/mol. The minimum absolute atomic E-state index is 1.12. The highest BCUT2D eigenvalue weighted by molar-refractivity contribution is 7.99. The van der Waals surface area contributed by atoms with Crippen molar-refractivity contribution in [2.45, 2.75) is 16.8 Å². The molecule has 3 heterocycles. The molecule has 0 N–H and O–H groups in total. The summed E-state index contributed by atoms with van der Waals surface area (Å²) in [5.41, 5.74) is 4.00. The van der Waals surface area contributed by atoms with Gasteiger partial charge < -0.3 is 14.4 Å². The number of hydrogen-bond donors (Lipinski definition) is 0. The van der Waals surface area contributed by atoms with Gasteiger partial charge in [0.2, 0.25) is 0 Å². The van der Waals surface area contributed by atoms with Gasteiger partial charge in [-0.05, 0) is 49.4 Å². The summed E-state index contributed by atoms with van der Waals surface area (Å²) in [6.45, 7) is 6.70. The van der Waals surface area contributed by atoms with Crippen molar-refractivity contribution >= 4 is 29.7 Å². The zero-order chi connectivity index (χ0) is 15.1. The monoisotopic (exact) mass is 311 g/mol. The minimum Gasteiger partial charge on any atom is -0.369 e. The Morgan fingerprint density at radius 2 is 1.86 bits per heavy atom. The Kier molecular flexibility index (Phi) is 3.51. The van der Waals surface area contributed by atoms with Crippen molar-refractivity contribution in [2.75, 3.05) is 38.1 Å². The number of aryl methyl sites for hydroxylation is 1. The average molecular weight is 311 g/mol. The lowest BCUT2D eigenvalue weighted by Gasteiger charge is -2.34. The van der Waals surface area contributed by atoms with Gasteiger partial charge in [-0.3, -0.25) is 0 Å². The molecule has 0 atom stereocenters. The van der Waals surface area contributed by atoms with Crippen LogP contribution in [0.2, 0.25) is 0 Å². The number of likely N-dealkylation sites (N-methyl/N-ethyl adjacent to an activating group) is 1. The average Bonchev–Trinajstić information content (AvgIpc) is 2.78. The maximum atomic E-state index is 2.50. The molecule has 2 aromatic rings. The summed E-state index contributed by atoms with van der Waals surface area (Å²) in [4.78, 5) is 6.25. The Hall–Kier alpha value is -1.65. The Balaban J connectivity index is 1.67. The maximum Gasteiger partial charge on any atom is 0.0867 e. The second-order valence-corrected chi connectivity index (χ2v) is 7.17. The quantitative estimate of drug-likeness (QED) is 0.680. The molecule has 0 radical (unpaired) electrons. The number of hydrogen-bond acceptors (Lipinski definition) is 3. The molecule has 22 heavy (non-hydrogen) atoms. The molecule has 2 aliphatic rings. The van der Waals surface area contributed by atoms with Crippen molar-refractivity contribution in [3.63, 3.8) is 0 Å². The van der Waals surface area contributed by atoms with E-state index in [-0.39, 0.29) is 0 Å². The highest BCUT2D eigenvalue weighted by Crippen LogP contribution is 2.38. The van der Waals surface area contributed by atoms with E-state index in [9.17, 15) is 0 Å². The fourth-order valence-electron chi connectivity index (χ4n) is 3.06. The van der Waals surface area contributed by atoms with E-state index in [0.717, 1.165) is 26.2 Å². The molecule has 0 amide bonds. The van der Waals surface area contributed by atoms with E-state index in [0.29, 0.717) is 0 Å². The molecule has 1 aromatic heterocycles. The number of piperazine rings is 1. The van der Waals surface area contributed by atoms with Gasteiger partial charge in [0.25, 0.3) is 0 Å². The number of fused-ring (bicyclic) bond motifs is 2. The topological polar surface area (TPSA) is 11.4 Å². The summed E-state index contributed by atoms with van der Waals surface area (Å²) in [7, 11) is 2.20. The fourth-order valence-corrected chi connectivity index (χ4v) is 4.16. The normalized spacial score (nSPS) is 18.0. The summed E-state index contributed by atoms with van der Waals surface area (Å²) < 4.78 is 2.22. The minimum atomic E-state index is 1.12. The molecule has 0 aliphatic carbocycles. The number of aromatic nitrogens is 1. The Labute approximate surface area is 136 Å². The van der Waals surface area contributed by atoms with E-state index < -0.39 is 0 Å². The van der Waals surface area contributed by atoms with Crippen LogP contribution in [0, 0.1) is 6.92 Å². The largest absolute Gasteiger partial charge is 0.369 e. The molecule has 1 fully saturated rings. The van der Waals surface area contributed by atoms with E-state index >= 15 is 0 Å². The van der Waals surface area contributed by atoms with Crippen LogP contribution in [0.1, 0.15) is 11.1 Å². The van der Waals surface area contributed by atoms with E-state index in [1.54, 1.807) is 0 Å².